The van der Waals surface area contributed by atoms with Crippen LogP contribution in [0.15, 0.2) is 38.9 Å². The summed E-state index contributed by atoms with van der Waals surface area (Å²) in [7, 11) is 3.13. The maximum atomic E-state index is 12.8. The average Bonchev–Trinajstić information content (AvgIpc) is 2.61. The van der Waals surface area contributed by atoms with Crippen LogP contribution in [0, 0.1) is 12.3 Å². The van der Waals surface area contributed by atoms with Crippen LogP contribution in [0.25, 0.3) is 11.0 Å². The number of benzene rings is 1. The molecule has 1 aromatic carbocycles. The van der Waals surface area contributed by atoms with Crippen LogP contribution in [0.4, 0.5) is 0 Å². The van der Waals surface area contributed by atoms with Crippen molar-refractivity contribution < 1.29 is 0 Å². The zero-order valence-corrected chi connectivity index (χ0v) is 18.1. The summed E-state index contributed by atoms with van der Waals surface area (Å²) in [5.41, 5.74) is 2.01. The molecular formula is C21H26N4O2S. The topological polar surface area (TPSA) is 69.8 Å². The van der Waals surface area contributed by atoms with Crippen molar-refractivity contribution in [2.45, 2.75) is 44.9 Å². The fourth-order valence-electron chi connectivity index (χ4n) is 3.08. The lowest BCUT2D eigenvalue weighted by molar-refractivity contribution is 0.399. The maximum Gasteiger partial charge on any atom is 0.332 e. The summed E-state index contributed by atoms with van der Waals surface area (Å²) in [4.78, 5) is 34.5. The van der Waals surface area contributed by atoms with E-state index in [1.165, 1.54) is 28.9 Å². The summed E-state index contributed by atoms with van der Waals surface area (Å²) in [6.07, 6.45) is 0.657. The molecule has 0 spiro atoms. The van der Waals surface area contributed by atoms with Crippen molar-refractivity contribution in [2.24, 2.45) is 19.5 Å². The number of nitrogens with zero attached hydrogens (tertiary/aromatic N) is 4. The zero-order chi connectivity index (χ0) is 20.6. The van der Waals surface area contributed by atoms with Crippen LogP contribution in [0.2, 0.25) is 0 Å². The molecule has 2 aromatic heterocycles. The van der Waals surface area contributed by atoms with Gasteiger partial charge in [0, 0.05) is 26.3 Å². The largest absolute Gasteiger partial charge is 0.332 e. The second kappa shape index (κ2) is 7.54. The minimum absolute atomic E-state index is 0.00916. The lowest BCUT2D eigenvalue weighted by Crippen LogP contribution is -2.38. The lowest BCUT2D eigenvalue weighted by atomic mass is 9.92. The highest BCUT2D eigenvalue weighted by Crippen LogP contribution is 2.28. The van der Waals surface area contributed by atoms with E-state index in [0.29, 0.717) is 34.1 Å². The molecular weight excluding hydrogens is 372 g/mol. The number of hydrogen-bond donors (Lipinski definition) is 0. The molecule has 3 aromatic rings. The third-order valence-electron chi connectivity index (χ3n) is 4.46. The van der Waals surface area contributed by atoms with Crippen molar-refractivity contribution in [3.63, 3.8) is 0 Å². The van der Waals surface area contributed by atoms with Gasteiger partial charge in [-0.15, -0.1) is 11.8 Å². The molecule has 0 fully saturated rings. The molecule has 3 rings (SSSR count). The van der Waals surface area contributed by atoms with E-state index < -0.39 is 0 Å². The van der Waals surface area contributed by atoms with E-state index in [-0.39, 0.29) is 16.7 Å². The van der Waals surface area contributed by atoms with Crippen LogP contribution < -0.4 is 11.2 Å². The number of rotatable bonds is 4. The van der Waals surface area contributed by atoms with Gasteiger partial charge >= 0.3 is 5.69 Å². The third-order valence-corrected chi connectivity index (χ3v) is 5.51. The molecule has 0 aliphatic rings. The molecule has 0 N–H and O–H groups in total. The fraction of sp³-hybridized carbons (Fsp3) is 0.429. The van der Waals surface area contributed by atoms with Gasteiger partial charge in [-0.1, -0.05) is 50.6 Å². The number of hydrogen-bond acceptors (Lipinski definition) is 5. The first-order chi connectivity index (χ1) is 13.1. The van der Waals surface area contributed by atoms with Crippen molar-refractivity contribution in [3.05, 3.63) is 62.1 Å². The molecule has 0 saturated heterocycles. The minimum atomic E-state index is -0.382. The van der Waals surface area contributed by atoms with E-state index in [2.05, 4.69) is 50.9 Å². The first kappa shape index (κ1) is 20.3. The quantitative estimate of drug-likeness (QED) is 0.499. The molecule has 0 aliphatic carbocycles. The van der Waals surface area contributed by atoms with Crippen LogP contribution in [0.3, 0.4) is 0 Å². The molecule has 6 nitrogen and oxygen atoms in total. The predicted molar refractivity (Wildman–Crippen MR) is 114 cm³/mol. The van der Waals surface area contributed by atoms with Crippen molar-refractivity contribution in [1.29, 1.82) is 0 Å². The van der Waals surface area contributed by atoms with Gasteiger partial charge in [0.05, 0.1) is 0 Å². The van der Waals surface area contributed by atoms with Crippen LogP contribution in [-0.2, 0) is 26.3 Å². The standard InChI is InChI=1S/C21H26N4O2S/c1-13-8-7-9-14(10-13)12-28-18-16-17(22-15(23-18)11-21(2,3)4)24(5)20(27)25(6)19(16)26/h7-10H,11-12H2,1-6H3. The Morgan fingerprint density at radius 2 is 1.79 bits per heavy atom. The summed E-state index contributed by atoms with van der Waals surface area (Å²) in [5.74, 6) is 1.34. The molecule has 0 amide bonds. The molecule has 28 heavy (non-hydrogen) atoms. The normalized spacial score (nSPS) is 11.9. The summed E-state index contributed by atoms with van der Waals surface area (Å²) in [5, 5.41) is 1.03. The first-order valence-electron chi connectivity index (χ1n) is 9.22. The molecule has 0 atom stereocenters. The highest BCUT2D eigenvalue weighted by Gasteiger charge is 2.20. The average molecular weight is 399 g/mol. The van der Waals surface area contributed by atoms with Gasteiger partial charge in [0.25, 0.3) is 5.56 Å². The van der Waals surface area contributed by atoms with Crippen LogP contribution in [0.1, 0.15) is 37.7 Å². The molecule has 0 radical (unpaired) electrons. The van der Waals surface area contributed by atoms with Gasteiger partial charge in [-0.2, -0.15) is 0 Å². The van der Waals surface area contributed by atoms with E-state index in [0.717, 1.165) is 10.1 Å². The van der Waals surface area contributed by atoms with Gasteiger partial charge in [-0.25, -0.2) is 14.8 Å². The Hall–Kier alpha value is -2.41. The lowest BCUT2D eigenvalue weighted by Gasteiger charge is -2.18. The number of fused-ring (bicyclic) bond motifs is 1. The molecule has 2 heterocycles. The molecule has 0 saturated carbocycles. The zero-order valence-electron chi connectivity index (χ0n) is 17.2. The van der Waals surface area contributed by atoms with Gasteiger partial charge in [-0.05, 0) is 17.9 Å². The fourth-order valence-corrected chi connectivity index (χ4v) is 4.06. The third kappa shape index (κ3) is 4.19. The molecule has 0 bridgehead atoms. The monoisotopic (exact) mass is 398 g/mol. The molecule has 148 valence electrons. The number of thioether (sulfide) groups is 1. The Balaban J connectivity index is 2.17. The van der Waals surface area contributed by atoms with Crippen molar-refractivity contribution in [3.8, 4) is 0 Å². The van der Waals surface area contributed by atoms with Crippen molar-refractivity contribution in [1.82, 2.24) is 19.1 Å². The second-order valence-corrected chi connectivity index (χ2v) is 9.33. The first-order valence-corrected chi connectivity index (χ1v) is 10.2. The Bertz CT molecular complexity index is 1160. The summed E-state index contributed by atoms with van der Waals surface area (Å²) >= 11 is 1.51. The van der Waals surface area contributed by atoms with E-state index in [9.17, 15) is 9.59 Å². The van der Waals surface area contributed by atoms with Gasteiger partial charge in [0.1, 0.15) is 16.2 Å². The van der Waals surface area contributed by atoms with E-state index >= 15 is 0 Å². The van der Waals surface area contributed by atoms with Gasteiger partial charge in [0.2, 0.25) is 0 Å². The Morgan fingerprint density at radius 3 is 2.43 bits per heavy atom. The molecule has 0 aliphatic heterocycles. The van der Waals surface area contributed by atoms with Crippen molar-refractivity contribution in [2.75, 3.05) is 0 Å². The summed E-state index contributed by atoms with van der Waals surface area (Å²) in [6, 6.07) is 8.27. The number of aromatic nitrogens is 4. The van der Waals surface area contributed by atoms with Gasteiger partial charge in [-0.3, -0.25) is 13.9 Å². The van der Waals surface area contributed by atoms with Gasteiger partial charge in [0.15, 0.2) is 5.65 Å². The van der Waals surface area contributed by atoms with Crippen LogP contribution in [-0.4, -0.2) is 19.1 Å². The van der Waals surface area contributed by atoms with Gasteiger partial charge < -0.3 is 0 Å². The minimum Gasteiger partial charge on any atom is -0.280 e. The second-order valence-electron chi connectivity index (χ2n) is 8.36. The summed E-state index contributed by atoms with van der Waals surface area (Å²) in [6.45, 7) is 8.40. The highest BCUT2D eigenvalue weighted by molar-refractivity contribution is 7.98. The summed E-state index contributed by atoms with van der Waals surface area (Å²) < 4.78 is 2.55. The van der Waals surface area contributed by atoms with E-state index in [1.807, 2.05) is 6.07 Å². The maximum absolute atomic E-state index is 12.8. The van der Waals surface area contributed by atoms with E-state index in [4.69, 9.17) is 4.98 Å². The Kier molecular flexibility index (Phi) is 5.48. The highest BCUT2D eigenvalue weighted by atomic mass is 32.2. The Morgan fingerprint density at radius 1 is 1.07 bits per heavy atom. The van der Waals surface area contributed by atoms with Crippen LogP contribution in [0.5, 0.6) is 0 Å². The Labute approximate surface area is 168 Å². The smallest absolute Gasteiger partial charge is 0.280 e. The molecule has 7 heteroatoms. The van der Waals surface area contributed by atoms with Crippen molar-refractivity contribution >= 4 is 22.8 Å². The number of aryl methyl sites for hydroxylation is 2. The van der Waals surface area contributed by atoms with Crippen LogP contribution >= 0.6 is 11.8 Å². The SMILES string of the molecule is Cc1cccc(CSc2nc(CC(C)(C)C)nc3c2c(=O)n(C)c(=O)n3C)c1. The predicted octanol–water partition coefficient (Wildman–Crippen LogP) is 3.22. The van der Waals surface area contributed by atoms with E-state index in [1.54, 1.807) is 7.05 Å². The molecule has 0 unspecified atom stereocenters.